The van der Waals surface area contributed by atoms with Gasteiger partial charge in [0.05, 0.1) is 0 Å². The van der Waals surface area contributed by atoms with Crippen molar-refractivity contribution in [3.63, 3.8) is 0 Å². The van der Waals surface area contributed by atoms with E-state index in [4.69, 9.17) is 11.6 Å². The van der Waals surface area contributed by atoms with Crippen LogP contribution in [-0.2, 0) is 4.79 Å². The molecule has 1 amide bonds. The second-order valence-electron chi connectivity index (χ2n) is 4.66. The summed E-state index contributed by atoms with van der Waals surface area (Å²) in [7, 11) is 0. The van der Waals surface area contributed by atoms with Crippen molar-refractivity contribution >= 4 is 29.3 Å². The van der Waals surface area contributed by atoms with Crippen molar-refractivity contribution in [2.24, 2.45) is 0 Å². The van der Waals surface area contributed by atoms with E-state index in [1.807, 2.05) is 24.3 Å². The summed E-state index contributed by atoms with van der Waals surface area (Å²) < 4.78 is 0. The molecule has 1 unspecified atom stereocenters. The maximum atomic E-state index is 11.7. The number of rotatable bonds is 6. The summed E-state index contributed by atoms with van der Waals surface area (Å²) in [5, 5.41) is 7.06. The first-order chi connectivity index (χ1) is 9.24. The van der Waals surface area contributed by atoms with Gasteiger partial charge in [0.15, 0.2) is 0 Å². The quantitative estimate of drug-likeness (QED) is 0.627. The highest BCUT2D eigenvalue weighted by atomic mass is 35.5. The van der Waals surface area contributed by atoms with E-state index >= 15 is 0 Å². The molecule has 0 aliphatic carbocycles. The Bertz CT molecular complexity index is 404. The molecule has 1 atom stereocenters. The molecule has 5 heteroatoms. The Morgan fingerprint density at radius 2 is 2.21 bits per heavy atom. The predicted molar refractivity (Wildman–Crippen MR) is 80.8 cm³/mol. The first-order valence-corrected chi connectivity index (χ1v) is 7.99. The highest BCUT2D eigenvalue weighted by Gasteiger charge is 2.15. The molecule has 1 heterocycles. The second-order valence-corrected chi connectivity index (χ2v) is 6.27. The highest BCUT2D eigenvalue weighted by molar-refractivity contribution is 7.99. The van der Waals surface area contributed by atoms with E-state index in [0.717, 1.165) is 36.7 Å². The van der Waals surface area contributed by atoms with Gasteiger partial charge in [0.25, 0.3) is 0 Å². The van der Waals surface area contributed by atoms with Gasteiger partial charge in [-0.05, 0) is 49.4 Å². The van der Waals surface area contributed by atoms with Gasteiger partial charge in [-0.15, -0.1) is 11.8 Å². The molecule has 0 radical (unpaired) electrons. The summed E-state index contributed by atoms with van der Waals surface area (Å²) in [5.41, 5.74) is 0. The lowest BCUT2D eigenvalue weighted by molar-refractivity contribution is -0.121. The fraction of sp³-hybridized carbons (Fsp3) is 0.500. The number of nitrogens with one attached hydrogen (secondary N) is 2. The minimum absolute atomic E-state index is 0.172. The van der Waals surface area contributed by atoms with Crippen LogP contribution in [0.5, 0.6) is 0 Å². The molecule has 2 N–H and O–H groups in total. The van der Waals surface area contributed by atoms with Crippen LogP contribution in [0.4, 0.5) is 0 Å². The van der Waals surface area contributed by atoms with E-state index in [9.17, 15) is 4.79 Å². The van der Waals surface area contributed by atoms with E-state index in [1.165, 1.54) is 4.90 Å². The van der Waals surface area contributed by atoms with Crippen molar-refractivity contribution in [3.8, 4) is 0 Å². The molecule has 1 saturated heterocycles. The molecular weight excluding hydrogens is 280 g/mol. The number of benzene rings is 1. The maximum Gasteiger partial charge on any atom is 0.220 e. The molecule has 1 fully saturated rings. The standard InChI is InChI=1S/C14H19ClN2OS/c15-11-3-5-13(6-4-11)19-9-1-2-14(18)17-12-7-8-16-10-12/h3-6,12,16H,1-2,7-10H2,(H,17,18). The largest absolute Gasteiger partial charge is 0.352 e. The molecule has 1 aromatic rings. The minimum atomic E-state index is 0.172. The normalized spacial score (nSPS) is 18.5. The Hall–Kier alpha value is -0.710. The molecule has 0 bridgehead atoms. The average Bonchev–Trinajstić information content (AvgIpc) is 2.89. The van der Waals surface area contributed by atoms with E-state index in [0.29, 0.717) is 12.5 Å². The molecule has 0 spiro atoms. The van der Waals surface area contributed by atoms with Crippen LogP contribution in [-0.4, -0.2) is 30.8 Å². The van der Waals surface area contributed by atoms with Crippen molar-refractivity contribution in [2.45, 2.75) is 30.2 Å². The predicted octanol–water partition coefficient (Wildman–Crippen LogP) is 2.69. The van der Waals surface area contributed by atoms with Gasteiger partial charge >= 0.3 is 0 Å². The Labute approximate surface area is 123 Å². The summed E-state index contributed by atoms with van der Waals surface area (Å²) >= 11 is 7.59. The van der Waals surface area contributed by atoms with E-state index in [-0.39, 0.29) is 5.91 Å². The molecule has 19 heavy (non-hydrogen) atoms. The monoisotopic (exact) mass is 298 g/mol. The Balaban J connectivity index is 1.58. The van der Waals surface area contributed by atoms with E-state index in [2.05, 4.69) is 10.6 Å². The number of carbonyl (C=O) groups is 1. The van der Waals surface area contributed by atoms with Crippen LogP contribution in [0.1, 0.15) is 19.3 Å². The fourth-order valence-electron chi connectivity index (χ4n) is 2.03. The zero-order valence-electron chi connectivity index (χ0n) is 10.8. The Kier molecular flexibility index (Phi) is 6.01. The Morgan fingerprint density at radius 3 is 2.89 bits per heavy atom. The van der Waals surface area contributed by atoms with Gasteiger partial charge in [0.1, 0.15) is 0 Å². The smallest absolute Gasteiger partial charge is 0.220 e. The van der Waals surface area contributed by atoms with Crippen LogP contribution in [0.3, 0.4) is 0 Å². The van der Waals surface area contributed by atoms with Crippen LogP contribution in [0.15, 0.2) is 29.2 Å². The van der Waals surface area contributed by atoms with Crippen molar-refractivity contribution in [3.05, 3.63) is 29.3 Å². The number of thioether (sulfide) groups is 1. The minimum Gasteiger partial charge on any atom is -0.352 e. The average molecular weight is 299 g/mol. The summed E-state index contributed by atoms with van der Waals surface area (Å²) in [4.78, 5) is 12.9. The lowest BCUT2D eigenvalue weighted by atomic mass is 10.2. The van der Waals surface area contributed by atoms with Crippen LogP contribution in [0.25, 0.3) is 0 Å². The molecule has 104 valence electrons. The first kappa shape index (κ1) is 14.7. The molecule has 0 saturated carbocycles. The molecule has 1 aliphatic rings. The van der Waals surface area contributed by atoms with Crippen LogP contribution >= 0.6 is 23.4 Å². The van der Waals surface area contributed by atoms with Crippen LogP contribution in [0, 0.1) is 0 Å². The van der Waals surface area contributed by atoms with Crippen molar-refractivity contribution in [1.29, 1.82) is 0 Å². The lowest BCUT2D eigenvalue weighted by Gasteiger charge is -2.10. The molecule has 3 nitrogen and oxygen atoms in total. The highest BCUT2D eigenvalue weighted by Crippen LogP contribution is 2.21. The SMILES string of the molecule is O=C(CCCSc1ccc(Cl)cc1)NC1CCNC1. The summed E-state index contributed by atoms with van der Waals surface area (Å²) in [6.07, 6.45) is 2.56. The van der Waals surface area contributed by atoms with Crippen molar-refractivity contribution in [1.82, 2.24) is 10.6 Å². The lowest BCUT2D eigenvalue weighted by Crippen LogP contribution is -2.36. The van der Waals surface area contributed by atoms with Gasteiger partial charge in [0, 0.05) is 28.9 Å². The number of halogens is 1. The molecule has 2 rings (SSSR count). The second kappa shape index (κ2) is 7.78. The zero-order chi connectivity index (χ0) is 13.5. The fourth-order valence-corrected chi connectivity index (χ4v) is 3.01. The molecule has 1 aromatic carbocycles. The van der Waals surface area contributed by atoms with Crippen molar-refractivity contribution < 1.29 is 4.79 Å². The van der Waals surface area contributed by atoms with Crippen LogP contribution in [0.2, 0.25) is 5.02 Å². The van der Waals surface area contributed by atoms with Gasteiger partial charge < -0.3 is 10.6 Å². The first-order valence-electron chi connectivity index (χ1n) is 6.62. The third-order valence-electron chi connectivity index (χ3n) is 3.06. The Morgan fingerprint density at radius 1 is 1.42 bits per heavy atom. The summed E-state index contributed by atoms with van der Waals surface area (Å²) in [6, 6.07) is 8.14. The maximum absolute atomic E-state index is 11.7. The van der Waals surface area contributed by atoms with E-state index in [1.54, 1.807) is 11.8 Å². The van der Waals surface area contributed by atoms with Gasteiger partial charge in [-0.25, -0.2) is 0 Å². The van der Waals surface area contributed by atoms with Crippen molar-refractivity contribution in [2.75, 3.05) is 18.8 Å². The van der Waals surface area contributed by atoms with Gasteiger partial charge in [-0.1, -0.05) is 11.6 Å². The van der Waals surface area contributed by atoms with Crippen LogP contribution < -0.4 is 10.6 Å². The summed E-state index contributed by atoms with van der Waals surface area (Å²) in [5.74, 6) is 1.13. The third kappa shape index (κ3) is 5.43. The number of amides is 1. The zero-order valence-corrected chi connectivity index (χ0v) is 12.4. The van der Waals surface area contributed by atoms with Gasteiger partial charge in [0.2, 0.25) is 5.91 Å². The molecule has 1 aliphatic heterocycles. The van der Waals surface area contributed by atoms with E-state index < -0.39 is 0 Å². The third-order valence-corrected chi connectivity index (χ3v) is 4.41. The summed E-state index contributed by atoms with van der Waals surface area (Å²) in [6.45, 7) is 1.92. The topological polar surface area (TPSA) is 41.1 Å². The number of hydrogen-bond donors (Lipinski definition) is 2. The van der Waals surface area contributed by atoms with Gasteiger partial charge in [-0.2, -0.15) is 0 Å². The number of hydrogen-bond acceptors (Lipinski definition) is 3. The number of carbonyl (C=O) groups excluding carboxylic acids is 1. The van der Waals surface area contributed by atoms with Gasteiger partial charge in [-0.3, -0.25) is 4.79 Å². The molecule has 0 aromatic heterocycles. The molecular formula is C14H19ClN2OS.